The van der Waals surface area contributed by atoms with Gasteiger partial charge in [-0.15, -0.1) is 0 Å². The lowest BCUT2D eigenvalue weighted by molar-refractivity contribution is 0.0704. The highest BCUT2D eigenvalue weighted by Crippen LogP contribution is 2.29. The number of methoxy groups -OCH3 is 1. The number of rotatable bonds is 5. The van der Waals surface area contributed by atoms with Crippen LogP contribution in [0.25, 0.3) is 0 Å². The zero-order valence-corrected chi connectivity index (χ0v) is 20.8. The number of amides is 2. The Bertz CT molecular complexity index is 1190. The maximum absolute atomic E-state index is 13.3. The minimum atomic E-state index is 0.0471. The highest BCUT2D eigenvalue weighted by Gasteiger charge is 2.27. The van der Waals surface area contributed by atoms with E-state index in [1.165, 1.54) is 5.69 Å². The average molecular weight is 484 g/mol. The largest absolute Gasteiger partial charge is 0.497 e. The van der Waals surface area contributed by atoms with Crippen molar-refractivity contribution in [1.82, 2.24) is 9.80 Å². The van der Waals surface area contributed by atoms with Gasteiger partial charge in [0.1, 0.15) is 5.75 Å². The number of carbonyl (C=O) groups is 2. The molecule has 2 aliphatic rings. The van der Waals surface area contributed by atoms with E-state index >= 15 is 0 Å². The third-order valence-electron chi connectivity index (χ3n) is 7.34. The van der Waals surface area contributed by atoms with Crippen LogP contribution >= 0.6 is 0 Å². The summed E-state index contributed by atoms with van der Waals surface area (Å²) in [5, 5.41) is 0. The van der Waals surface area contributed by atoms with Crippen LogP contribution in [0.3, 0.4) is 0 Å². The summed E-state index contributed by atoms with van der Waals surface area (Å²) in [6, 6.07) is 25.7. The summed E-state index contributed by atoms with van der Waals surface area (Å²) in [5.41, 5.74) is 3.75. The summed E-state index contributed by atoms with van der Waals surface area (Å²) in [6.07, 6.45) is 1.96. The summed E-state index contributed by atoms with van der Waals surface area (Å²) < 4.78 is 5.21. The number of piperidine rings is 1. The standard InChI is InChI=1S/C30H33N3O3/c1-36-28-14-12-23(13-15-28)29(34)33-16-6-9-26(22-33)24-7-5-8-25(21-24)30(35)32-19-17-31(18-20-32)27-10-3-2-4-11-27/h2-5,7-8,10-15,21,26H,6,9,16-20,22H2,1H3/t26-/m1/s1. The highest BCUT2D eigenvalue weighted by atomic mass is 16.5. The van der Waals surface area contributed by atoms with Crippen LogP contribution in [0.2, 0.25) is 0 Å². The van der Waals surface area contributed by atoms with Crippen LogP contribution in [0.5, 0.6) is 5.75 Å². The summed E-state index contributed by atoms with van der Waals surface area (Å²) in [6.45, 7) is 4.52. The number of hydrogen-bond acceptors (Lipinski definition) is 4. The zero-order valence-electron chi connectivity index (χ0n) is 20.8. The first-order valence-corrected chi connectivity index (χ1v) is 12.7. The Morgan fingerprint density at radius 1 is 0.750 bits per heavy atom. The fourth-order valence-corrected chi connectivity index (χ4v) is 5.26. The molecular formula is C30H33N3O3. The molecule has 2 heterocycles. The monoisotopic (exact) mass is 483 g/mol. The fourth-order valence-electron chi connectivity index (χ4n) is 5.26. The van der Waals surface area contributed by atoms with Crippen LogP contribution in [0.4, 0.5) is 5.69 Å². The second-order valence-corrected chi connectivity index (χ2v) is 9.56. The van der Waals surface area contributed by atoms with Crippen LogP contribution in [0.1, 0.15) is 45.0 Å². The number of likely N-dealkylation sites (tertiary alicyclic amines) is 1. The van der Waals surface area contributed by atoms with E-state index in [0.717, 1.165) is 49.4 Å². The van der Waals surface area contributed by atoms with Crippen LogP contribution in [-0.4, -0.2) is 68.0 Å². The second kappa shape index (κ2) is 10.9. The third kappa shape index (κ3) is 5.23. The molecule has 2 amide bonds. The van der Waals surface area contributed by atoms with E-state index in [4.69, 9.17) is 4.74 Å². The van der Waals surface area contributed by atoms with Crippen LogP contribution < -0.4 is 9.64 Å². The molecule has 0 bridgehead atoms. The Morgan fingerprint density at radius 2 is 1.47 bits per heavy atom. The predicted molar refractivity (Wildman–Crippen MR) is 142 cm³/mol. The van der Waals surface area contributed by atoms with Crippen LogP contribution in [-0.2, 0) is 0 Å². The molecule has 5 rings (SSSR count). The summed E-state index contributed by atoms with van der Waals surface area (Å²) in [5.74, 6) is 1.10. The zero-order chi connectivity index (χ0) is 24.9. The maximum Gasteiger partial charge on any atom is 0.253 e. The molecule has 3 aromatic carbocycles. The molecule has 1 atom stereocenters. The van der Waals surface area contributed by atoms with E-state index in [9.17, 15) is 9.59 Å². The highest BCUT2D eigenvalue weighted by molar-refractivity contribution is 5.95. The van der Waals surface area contributed by atoms with Gasteiger partial charge in [0, 0.05) is 62.0 Å². The van der Waals surface area contributed by atoms with Crippen molar-refractivity contribution in [3.05, 3.63) is 95.6 Å². The van der Waals surface area contributed by atoms with Crippen molar-refractivity contribution in [3.8, 4) is 5.75 Å². The topological polar surface area (TPSA) is 53.1 Å². The van der Waals surface area contributed by atoms with Gasteiger partial charge in [0.2, 0.25) is 0 Å². The average Bonchev–Trinajstić information content (AvgIpc) is 2.97. The molecule has 36 heavy (non-hydrogen) atoms. The molecule has 2 aliphatic heterocycles. The van der Waals surface area contributed by atoms with Crippen molar-refractivity contribution in [1.29, 1.82) is 0 Å². The van der Waals surface area contributed by atoms with Gasteiger partial charge >= 0.3 is 0 Å². The molecule has 3 aromatic rings. The predicted octanol–water partition coefficient (Wildman–Crippen LogP) is 4.68. The molecule has 0 radical (unpaired) electrons. The molecule has 186 valence electrons. The Labute approximate surface area is 213 Å². The third-order valence-corrected chi connectivity index (χ3v) is 7.34. The molecule has 6 heteroatoms. The molecule has 0 unspecified atom stereocenters. The maximum atomic E-state index is 13.3. The lowest BCUT2D eigenvalue weighted by Gasteiger charge is -2.36. The first-order chi connectivity index (χ1) is 17.6. The number of piperazine rings is 1. The number of anilines is 1. The lowest BCUT2D eigenvalue weighted by atomic mass is 9.89. The molecule has 2 saturated heterocycles. The van der Waals surface area contributed by atoms with Gasteiger partial charge in [-0.2, -0.15) is 0 Å². The molecule has 0 aliphatic carbocycles. The van der Waals surface area contributed by atoms with E-state index in [2.05, 4.69) is 35.2 Å². The molecule has 6 nitrogen and oxygen atoms in total. The molecule has 0 saturated carbocycles. The van der Waals surface area contributed by atoms with E-state index in [-0.39, 0.29) is 17.7 Å². The lowest BCUT2D eigenvalue weighted by Crippen LogP contribution is -2.48. The Balaban J connectivity index is 1.23. The van der Waals surface area contributed by atoms with E-state index in [1.807, 2.05) is 58.3 Å². The number of hydrogen-bond donors (Lipinski definition) is 0. The first-order valence-electron chi connectivity index (χ1n) is 12.7. The Kier molecular flexibility index (Phi) is 7.21. The fraction of sp³-hybridized carbons (Fsp3) is 0.333. The summed E-state index contributed by atoms with van der Waals surface area (Å²) in [4.78, 5) is 32.7. The van der Waals surface area contributed by atoms with Gasteiger partial charge in [0.15, 0.2) is 0 Å². The number of nitrogens with zero attached hydrogens (tertiary/aromatic N) is 3. The SMILES string of the molecule is COc1ccc(C(=O)N2CCC[C@@H](c3cccc(C(=O)N4CCN(c5ccccc5)CC4)c3)C2)cc1. The van der Waals surface area contributed by atoms with Crippen molar-refractivity contribution in [2.75, 3.05) is 51.3 Å². The summed E-state index contributed by atoms with van der Waals surface area (Å²) in [7, 11) is 1.62. The Hall–Kier alpha value is -3.80. The number of carbonyl (C=O) groups excluding carboxylic acids is 2. The van der Waals surface area contributed by atoms with Gasteiger partial charge in [-0.05, 0) is 66.9 Å². The van der Waals surface area contributed by atoms with Crippen molar-refractivity contribution >= 4 is 17.5 Å². The second-order valence-electron chi connectivity index (χ2n) is 9.56. The first kappa shape index (κ1) is 23.9. The van der Waals surface area contributed by atoms with Crippen molar-refractivity contribution < 1.29 is 14.3 Å². The molecule has 0 aromatic heterocycles. The van der Waals surface area contributed by atoms with Gasteiger partial charge in [-0.3, -0.25) is 9.59 Å². The van der Waals surface area contributed by atoms with E-state index in [1.54, 1.807) is 7.11 Å². The minimum Gasteiger partial charge on any atom is -0.497 e. The smallest absolute Gasteiger partial charge is 0.253 e. The molecule has 2 fully saturated rings. The minimum absolute atomic E-state index is 0.0471. The van der Waals surface area contributed by atoms with Crippen molar-refractivity contribution in [2.45, 2.75) is 18.8 Å². The number of benzene rings is 3. The molecule has 0 spiro atoms. The molecule has 0 N–H and O–H groups in total. The quantitative estimate of drug-likeness (QED) is 0.529. The van der Waals surface area contributed by atoms with Gasteiger partial charge < -0.3 is 19.4 Å². The van der Waals surface area contributed by atoms with Crippen LogP contribution in [0, 0.1) is 0 Å². The van der Waals surface area contributed by atoms with Gasteiger partial charge in [0.25, 0.3) is 11.8 Å². The van der Waals surface area contributed by atoms with E-state index < -0.39 is 0 Å². The normalized spacial score (nSPS) is 18.1. The number of ether oxygens (including phenoxy) is 1. The molecular weight excluding hydrogens is 450 g/mol. The van der Waals surface area contributed by atoms with E-state index in [0.29, 0.717) is 25.2 Å². The van der Waals surface area contributed by atoms with Crippen molar-refractivity contribution in [3.63, 3.8) is 0 Å². The van der Waals surface area contributed by atoms with Crippen molar-refractivity contribution in [2.24, 2.45) is 0 Å². The Morgan fingerprint density at radius 3 is 2.19 bits per heavy atom. The summed E-state index contributed by atoms with van der Waals surface area (Å²) >= 11 is 0. The van der Waals surface area contributed by atoms with Gasteiger partial charge in [0.05, 0.1) is 7.11 Å². The van der Waals surface area contributed by atoms with Crippen LogP contribution in [0.15, 0.2) is 78.9 Å². The van der Waals surface area contributed by atoms with Gasteiger partial charge in [-0.1, -0.05) is 30.3 Å². The number of para-hydroxylation sites is 1. The van der Waals surface area contributed by atoms with Gasteiger partial charge in [-0.25, -0.2) is 0 Å².